The SMILES string of the molecule is N#CCSc1nc2ccccc2c(=O)n1CCCN1CCOCC1. The summed E-state index contributed by atoms with van der Waals surface area (Å²) >= 11 is 1.32. The molecule has 0 atom stereocenters. The molecule has 1 aromatic carbocycles. The van der Waals surface area contributed by atoms with Crippen LogP contribution in [0.5, 0.6) is 0 Å². The molecule has 1 aliphatic rings. The van der Waals surface area contributed by atoms with E-state index in [0.717, 1.165) is 39.3 Å². The van der Waals surface area contributed by atoms with Crippen molar-refractivity contribution in [2.24, 2.45) is 0 Å². The molecule has 7 heteroatoms. The van der Waals surface area contributed by atoms with Crippen LogP contribution in [0.4, 0.5) is 0 Å². The second-order valence-corrected chi connectivity index (χ2v) is 6.57. The van der Waals surface area contributed by atoms with Gasteiger partial charge in [0.1, 0.15) is 0 Å². The van der Waals surface area contributed by atoms with Gasteiger partial charge in [-0.15, -0.1) is 0 Å². The number of benzene rings is 1. The largest absolute Gasteiger partial charge is 0.379 e. The lowest BCUT2D eigenvalue weighted by Gasteiger charge is -2.26. The number of morpholine rings is 1. The Hall–Kier alpha value is -1.88. The quantitative estimate of drug-likeness (QED) is 0.587. The van der Waals surface area contributed by atoms with Gasteiger partial charge in [0, 0.05) is 26.2 Å². The molecule has 1 fully saturated rings. The molecule has 6 nitrogen and oxygen atoms in total. The number of rotatable bonds is 6. The molecule has 126 valence electrons. The Morgan fingerprint density at radius 3 is 2.83 bits per heavy atom. The van der Waals surface area contributed by atoms with E-state index in [2.05, 4.69) is 16.0 Å². The third-order valence-electron chi connectivity index (χ3n) is 4.05. The third kappa shape index (κ3) is 3.96. The fourth-order valence-electron chi connectivity index (χ4n) is 2.83. The highest BCUT2D eigenvalue weighted by Gasteiger charge is 2.13. The second-order valence-electron chi connectivity index (χ2n) is 5.62. The molecule has 0 amide bonds. The maximum Gasteiger partial charge on any atom is 0.262 e. The van der Waals surface area contributed by atoms with E-state index < -0.39 is 0 Å². The minimum Gasteiger partial charge on any atom is -0.379 e. The van der Waals surface area contributed by atoms with Gasteiger partial charge in [-0.25, -0.2) is 4.98 Å². The van der Waals surface area contributed by atoms with Gasteiger partial charge in [0.25, 0.3) is 5.56 Å². The molecule has 1 saturated heterocycles. The van der Waals surface area contributed by atoms with Crippen LogP contribution >= 0.6 is 11.8 Å². The monoisotopic (exact) mass is 344 g/mol. The Morgan fingerprint density at radius 1 is 1.25 bits per heavy atom. The van der Waals surface area contributed by atoms with Gasteiger partial charge in [0.05, 0.1) is 35.9 Å². The van der Waals surface area contributed by atoms with Gasteiger partial charge in [-0.3, -0.25) is 14.3 Å². The first-order valence-corrected chi connectivity index (χ1v) is 9.07. The lowest BCUT2D eigenvalue weighted by molar-refractivity contribution is 0.0368. The molecule has 0 saturated carbocycles. The van der Waals surface area contributed by atoms with Gasteiger partial charge < -0.3 is 4.74 Å². The van der Waals surface area contributed by atoms with E-state index in [1.807, 2.05) is 24.3 Å². The molecule has 0 unspecified atom stereocenters. The zero-order chi connectivity index (χ0) is 16.8. The molecule has 3 rings (SSSR count). The summed E-state index contributed by atoms with van der Waals surface area (Å²) in [7, 11) is 0. The predicted octanol–water partition coefficient (Wildman–Crippen LogP) is 1.73. The number of hydrogen-bond donors (Lipinski definition) is 0. The molecule has 0 spiro atoms. The fraction of sp³-hybridized carbons (Fsp3) is 0.471. The number of thioether (sulfide) groups is 1. The summed E-state index contributed by atoms with van der Waals surface area (Å²) in [5, 5.41) is 10.1. The molecule has 0 radical (unpaired) electrons. The van der Waals surface area contributed by atoms with Crippen molar-refractivity contribution in [1.82, 2.24) is 14.5 Å². The van der Waals surface area contributed by atoms with E-state index in [1.54, 1.807) is 4.57 Å². The zero-order valence-corrected chi connectivity index (χ0v) is 14.3. The van der Waals surface area contributed by atoms with Crippen LogP contribution in [-0.4, -0.2) is 53.1 Å². The van der Waals surface area contributed by atoms with Crippen molar-refractivity contribution in [3.8, 4) is 6.07 Å². The summed E-state index contributed by atoms with van der Waals surface area (Å²) < 4.78 is 7.07. The van der Waals surface area contributed by atoms with Crippen LogP contribution in [0, 0.1) is 11.3 Å². The van der Waals surface area contributed by atoms with E-state index in [-0.39, 0.29) is 11.3 Å². The van der Waals surface area contributed by atoms with E-state index >= 15 is 0 Å². The van der Waals surface area contributed by atoms with Crippen molar-refractivity contribution in [2.75, 3.05) is 38.6 Å². The van der Waals surface area contributed by atoms with Crippen molar-refractivity contribution >= 4 is 22.7 Å². The average Bonchev–Trinajstić information content (AvgIpc) is 2.63. The zero-order valence-electron chi connectivity index (χ0n) is 13.5. The maximum atomic E-state index is 12.8. The summed E-state index contributed by atoms with van der Waals surface area (Å²) in [6.45, 7) is 5.00. The lowest BCUT2D eigenvalue weighted by Crippen LogP contribution is -2.37. The van der Waals surface area contributed by atoms with Gasteiger partial charge in [-0.1, -0.05) is 23.9 Å². The van der Waals surface area contributed by atoms with Crippen molar-refractivity contribution in [3.05, 3.63) is 34.6 Å². The average molecular weight is 344 g/mol. The molecule has 0 aliphatic carbocycles. The molecule has 0 bridgehead atoms. The highest BCUT2D eigenvalue weighted by molar-refractivity contribution is 7.99. The minimum atomic E-state index is -0.0250. The Bertz CT molecular complexity index is 793. The highest BCUT2D eigenvalue weighted by Crippen LogP contribution is 2.17. The number of aromatic nitrogens is 2. The molecular weight excluding hydrogens is 324 g/mol. The Labute approximate surface area is 145 Å². The first kappa shape index (κ1) is 17.0. The first-order chi connectivity index (χ1) is 11.8. The van der Waals surface area contributed by atoms with Gasteiger partial charge in [0.2, 0.25) is 0 Å². The van der Waals surface area contributed by atoms with Crippen molar-refractivity contribution in [3.63, 3.8) is 0 Å². The minimum absolute atomic E-state index is 0.0250. The summed E-state index contributed by atoms with van der Waals surface area (Å²) in [5.41, 5.74) is 0.662. The topological polar surface area (TPSA) is 71.2 Å². The van der Waals surface area contributed by atoms with Crippen LogP contribution in [0.2, 0.25) is 0 Å². The lowest BCUT2D eigenvalue weighted by atomic mass is 10.2. The number of para-hydroxylation sites is 1. The summed E-state index contributed by atoms with van der Waals surface area (Å²) in [6.07, 6.45) is 0.875. The molecule has 24 heavy (non-hydrogen) atoms. The van der Waals surface area contributed by atoms with Gasteiger partial charge in [-0.2, -0.15) is 5.26 Å². The van der Waals surface area contributed by atoms with Crippen LogP contribution in [0.15, 0.2) is 34.2 Å². The maximum absolute atomic E-state index is 12.8. The number of nitriles is 1. The predicted molar refractivity (Wildman–Crippen MR) is 94.2 cm³/mol. The van der Waals surface area contributed by atoms with Crippen LogP contribution in [-0.2, 0) is 11.3 Å². The summed E-state index contributed by atoms with van der Waals surface area (Å²) in [6, 6.07) is 9.47. The molecule has 2 aromatic rings. The van der Waals surface area contributed by atoms with E-state index in [0.29, 0.717) is 22.6 Å². The normalized spacial score (nSPS) is 15.5. The Kier molecular flexibility index (Phi) is 5.86. The van der Waals surface area contributed by atoms with Gasteiger partial charge >= 0.3 is 0 Å². The third-order valence-corrected chi connectivity index (χ3v) is 4.90. The van der Waals surface area contributed by atoms with E-state index in [9.17, 15) is 4.79 Å². The van der Waals surface area contributed by atoms with Crippen LogP contribution in [0.1, 0.15) is 6.42 Å². The second kappa shape index (κ2) is 8.29. The Morgan fingerprint density at radius 2 is 2.04 bits per heavy atom. The van der Waals surface area contributed by atoms with Crippen LogP contribution in [0.25, 0.3) is 10.9 Å². The fourth-order valence-corrected chi connectivity index (χ4v) is 3.52. The van der Waals surface area contributed by atoms with Crippen molar-refractivity contribution in [1.29, 1.82) is 5.26 Å². The molecule has 1 aromatic heterocycles. The standard InChI is InChI=1S/C17H20N4O2S/c18-6-13-24-17-19-15-5-2-1-4-14(15)16(22)21(17)8-3-7-20-9-11-23-12-10-20/h1-2,4-5H,3,7-13H2. The summed E-state index contributed by atoms with van der Waals surface area (Å²) in [4.78, 5) is 19.7. The first-order valence-electron chi connectivity index (χ1n) is 8.09. The van der Waals surface area contributed by atoms with Crippen LogP contribution in [0.3, 0.4) is 0 Å². The molecule has 1 aliphatic heterocycles. The number of hydrogen-bond acceptors (Lipinski definition) is 6. The van der Waals surface area contributed by atoms with Crippen molar-refractivity contribution in [2.45, 2.75) is 18.1 Å². The highest BCUT2D eigenvalue weighted by atomic mass is 32.2. The van der Waals surface area contributed by atoms with Crippen LogP contribution < -0.4 is 5.56 Å². The van der Waals surface area contributed by atoms with E-state index in [1.165, 1.54) is 11.8 Å². The van der Waals surface area contributed by atoms with E-state index in [4.69, 9.17) is 10.00 Å². The number of ether oxygens (including phenoxy) is 1. The van der Waals surface area contributed by atoms with Gasteiger partial charge in [0.15, 0.2) is 5.16 Å². The van der Waals surface area contributed by atoms with Gasteiger partial charge in [-0.05, 0) is 18.6 Å². The number of nitrogens with zero attached hydrogens (tertiary/aromatic N) is 4. The van der Waals surface area contributed by atoms with Crippen molar-refractivity contribution < 1.29 is 4.74 Å². The number of fused-ring (bicyclic) bond motifs is 1. The smallest absolute Gasteiger partial charge is 0.262 e. The molecule has 0 N–H and O–H groups in total. The Balaban J connectivity index is 1.80. The molecule has 2 heterocycles. The molecular formula is C17H20N4O2S. The summed E-state index contributed by atoms with van der Waals surface area (Å²) in [5.74, 6) is 0.286.